The number of rotatable bonds is 6. The number of nitrogens with zero attached hydrogens (tertiary/aromatic N) is 1. The topological polar surface area (TPSA) is 66.6 Å². The van der Waals surface area contributed by atoms with E-state index in [0.717, 1.165) is 18.7 Å². The lowest BCUT2D eigenvalue weighted by molar-refractivity contribution is 0.0698. The van der Waals surface area contributed by atoms with Gasteiger partial charge in [-0.3, -0.25) is 0 Å². The van der Waals surface area contributed by atoms with Crippen molar-refractivity contribution in [3.05, 3.63) is 23.8 Å². The van der Waals surface area contributed by atoms with Crippen molar-refractivity contribution in [2.75, 3.05) is 17.2 Å². The Kier molecular flexibility index (Phi) is 3.98. The Labute approximate surface area is 114 Å². The average Bonchev–Trinajstić information content (AvgIpc) is 3.15. The SMILES string of the molecule is CC(C)CCN(c1cccc(C(=O)O)c1N)C1CC1. The first kappa shape index (κ1) is 13.7. The summed E-state index contributed by atoms with van der Waals surface area (Å²) in [6, 6.07) is 5.81. The smallest absolute Gasteiger partial charge is 0.337 e. The summed E-state index contributed by atoms with van der Waals surface area (Å²) < 4.78 is 0. The number of aromatic carboxylic acids is 1. The number of benzene rings is 1. The van der Waals surface area contributed by atoms with Gasteiger partial charge in [0.1, 0.15) is 0 Å². The van der Waals surface area contributed by atoms with E-state index in [1.165, 1.54) is 12.8 Å². The molecule has 1 fully saturated rings. The molecule has 0 radical (unpaired) electrons. The number of para-hydroxylation sites is 1. The quantitative estimate of drug-likeness (QED) is 0.773. The van der Waals surface area contributed by atoms with Gasteiger partial charge in [-0.05, 0) is 37.3 Å². The van der Waals surface area contributed by atoms with E-state index in [2.05, 4.69) is 18.7 Å². The monoisotopic (exact) mass is 262 g/mol. The van der Waals surface area contributed by atoms with Crippen molar-refractivity contribution in [1.82, 2.24) is 0 Å². The predicted molar refractivity (Wildman–Crippen MR) is 77.6 cm³/mol. The maximum Gasteiger partial charge on any atom is 0.337 e. The zero-order valence-corrected chi connectivity index (χ0v) is 11.6. The molecule has 1 aliphatic carbocycles. The number of hydrogen-bond acceptors (Lipinski definition) is 3. The zero-order chi connectivity index (χ0) is 14.0. The second-order valence-electron chi connectivity index (χ2n) is 5.65. The third-order valence-electron chi connectivity index (χ3n) is 3.56. The first-order valence-electron chi connectivity index (χ1n) is 6.89. The highest BCUT2D eigenvalue weighted by Crippen LogP contribution is 2.36. The molecule has 1 saturated carbocycles. The second-order valence-corrected chi connectivity index (χ2v) is 5.65. The zero-order valence-electron chi connectivity index (χ0n) is 11.6. The molecule has 0 aliphatic heterocycles. The van der Waals surface area contributed by atoms with Crippen LogP contribution in [0.1, 0.15) is 43.5 Å². The largest absolute Gasteiger partial charge is 0.478 e. The Bertz CT molecular complexity index is 467. The van der Waals surface area contributed by atoms with Crippen LogP contribution in [0.2, 0.25) is 0 Å². The van der Waals surface area contributed by atoms with E-state index in [-0.39, 0.29) is 5.56 Å². The molecule has 104 valence electrons. The summed E-state index contributed by atoms with van der Waals surface area (Å²) in [6.45, 7) is 5.33. The molecule has 19 heavy (non-hydrogen) atoms. The third-order valence-corrected chi connectivity index (χ3v) is 3.56. The fourth-order valence-electron chi connectivity index (χ4n) is 2.27. The molecule has 1 aromatic carbocycles. The minimum atomic E-state index is -0.959. The summed E-state index contributed by atoms with van der Waals surface area (Å²) in [6.07, 6.45) is 3.44. The molecule has 0 aromatic heterocycles. The van der Waals surface area contributed by atoms with Crippen LogP contribution in [0, 0.1) is 5.92 Å². The first-order valence-corrected chi connectivity index (χ1v) is 6.89. The van der Waals surface area contributed by atoms with Gasteiger partial charge in [0.2, 0.25) is 0 Å². The fraction of sp³-hybridized carbons (Fsp3) is 0.533. The normalized spacial score (nSPS) is 14.7. The summed E-state index contributed by atoms with van der Waals surface area (Å²) in [5.74, 6) is -0.330. The molecule has 1 aliphatic rings. The predicted octanol–water partition coefficient (Wildman–Crippen LogP) is 2.98. The molecular weight excluding hydrogens is 240 g/mol. The number of nitrogens with two attached hydrogens (primary N) is 1. The van der Waals surface area contributed by atoms with Gasteiger partial charge >= 0.3 is 5.97 Å². The fourth-order valence-corrected chi connectivity index (χ4v) is 2.27. The van der Waals surface area contributed by atoms with Crippen molar-refractivity contribution in [2.24, 2.45) is 5.92 Å². The number of carboxylic acids is 1. The van der Waals surface area contributed by atoms with Crippen molar-refractivity contribution in [1.29, 1.82) is 0 Å². The van der Waals surface area contributed by atoms with Crippen LogP contribution in [0.15, 0.2) is 18.2 Å². The Balaban J connectivity index is 2.26. The lowest BCUT2D eigenvalue weighted by atomic mass is 10.1. The van der Waals surface area contributed by atoms with E-state index in [9.17, 15) is 4.79 Å². The van der Waals surface area contributed by atoms with Crippen molar-refractivity contribution in [2.45, 2.75) is 39.2 Å². The van der Waals surface area contributed by atoms with Gasteiger partial charge in [-0.1, -0.05) is 19.9 Å². The van der Waals surface area contributed by atoms with Crippen LogP contribution < -0.4 is 10.6 Å². The van der Waals surface area contributed by atoms with E-state index < -0.39 is 5.97 Å². The van der Waals surface area contributed by atoms with Gasteiger partial charge in [-0.25, -0.2) is 4.79 Å². The molecule has 0 spiro atoms. The van der Waals surface area contributed by atoms with Crippen LogP contribution in [0.5, 0.6) is 0 Å². The van der Waals surface area contributed by atoms with Crippen molar-refractivity contribution >= 4 is 17.3 Å². The van der Waals surface area contributed by atoms with Crippen molar-refractivity contribution in [3.8, 4) is 0 Å². The van der Waals surface area contributed by atoms with Gasteiger partial charge in [0.25, 0.3) is 0 Å². The van der Waals surface area contributed by atoms with E-state index in [1.54, 1.807) is 12.1 Å². The van der Waals surface area contributed by atoms with Gasteiger partial charge in [-0.15, -0.1) is 0 Å². The van der Waals surface area contributed by atoms with E-state index in [4.69, 9.17) is 10.8 Å². The molecule has 0 amide bonds. The first-order chi connectivity index (χ1) is 9.00. The van der Waals surface area contributed by atoms with Crippen LogP contribution in [-0.4, -0.2) is 23.7 Å². The highest BCUT2D eigenvalue weighted by Gasteiger charge is 2.30. The minimum absolute atomic E-state index is 0.202. The lowest BCUT2D eigenvalue weighted by Gasteiger charge is -2.27. The molecule has 0 heterocycles. The van der Waals surface area contributed by atoms with Crippen LogP contribution in [0.25, 0.3) is 0 Å². The number of hydrogen-bond donors (Lipinski definition) is 2. The van der Waals surface area contributed by atoms with Crippen molar-refractivity contribution < 1.29 is 9.90 Å². The Hall–Kier alpha value is -1.71. The summed E-state index contributed by atoms with van der Waals surface area (Å²) in [7, 11) is 0. The van der Waals surface area contributed by atoms with Crippen molar-refractivity contribution in [3.63, 3.8) is 0 Å². The maximum atomic E-state index is 11.1. The number of anilines is 2. The molecule has 0 unspecified atom stereocenters. The minimum Gasteiger partial charge on any atom is -0.478 e. The van der Waals surface area contributed by atoms with E-state index >= 15 is 0 Å². The van der Waals surface area contributed by atoms with Crippen LogP contribution in [-0.2, 0) is 0 Å². The lowest BCUT2D eigenvalue weighted by Crippen LogP contribution is -2.29. The number of nitrogen functional groups attached to an aromatic ring is 1. The van der Waals surface area contributed by atoms with Gasteiger partial charge < -0.3 is 15.7 Å². The Morgan fingerprint density at radius 3 is 2.68 bits per heavy atom. The molecule has 0 atom stereocenters. The van der Waals surface area contributed by atoms with Crippen LogP contribution in [0.3, 0.4) is 0 Å². The maximum absolute atomic E-state index is 11.1. The van der Waals surface area contributed by atoms with Crippen LogP contribution in [0.4, 0.5) is 11.4 Å². The van der Waals surface area contributed by atoms with E-state index in [0.29, 0.717) is 17.6 Å². The Morgan fingerprint density at radius 2 is 2.16 bits per heavy atom. The van der Waals surface area contributed by atoms with Gasteiger partial charge in [0, 0.05) is 12.6 Å². The average molecular weight is 262 g/mol. The summed E-state index contributed by atoms with van der Waals surface area (Å²) in [4.78, 5) is 13.4. The summed E-state index contributed by atoms with van der Waals surface area (Å²) in [5, 5.41) is 9.15. The molecule has 3 N–H and O–H groups in total. The number of carboxylic acid groups (broad SMARTS) is 1. The second kappa shape index (κ2) is 5.51. The van der Waals surface area contributed by atoms with E-state index in [1.807, 2.05) is 6.07 Å². The summed E-state index contributed by atoms with van der Waals surface area (Å²) in [5.41, 5.74) is 7.51. The molecular formula is C15H22N2O2. The van der Waals surface area contributed by atoms with Crippen LogP contribution >= 0.6 is 0 Å². The molecule has 4 heteroatoms. The number of carbonyl (C=O) groups is 1. The molecule has 1 aromatic rings. The van der Waals surface area contributed by atoms with Gasteiger partial charge in [-0.2, -0.15) is 0 Å². The molecule has 2 rings (SSSR count). The van der Waals surface area contributed by atoms with Gasteiger partial charge in [0.15, 0.2) is 0 Å². The molecule has 4 nitrogen and oxygen atoms in total. The third kappa shape index (κ3) is 3.19. The highest BCUT2D eigenvalue weighted by molar-refractivity contribution is 5.97. The molecule has 0 saturated heterocycles. The highest BCUT2D eigenvalue weighted by atomic mass is 16.4. The standard InChI is InChI=1S/C15H22N2O2/c1-10(2)8-9-17(11-6-7-11)13-5-3-4-12(14(13)16)15(18)19/h3-5,10-11H,6-9,16H2,1-2H3,(H,18,19). The molecule has 0 bridgehead atoms. The van der Waals surface area contributed by atoms with Gasteiger partial charge in [0.05, 0.1) is 16.9 Å². The Morgan fingerprint density at radius 1 is 1.47 bits per heavy atom. The summed E-state index contributed by atoms with van der Waals surface area (Å²) >= 11 is 0.